The highest BCUT2D eigenvalue weighted by atomic mass is 16.6. The maximum Gasteiger partial charge on any atom is 0.411 e. The van der Waals surface area contributed by atoms with Crippen molar-refractivity contribution >= 4 is 65.0 Å². The van der Waals surface area contributed by atoms with Gasteiger partial charge < -0.3 is 95.2 Å². The predicted octanol–water partition coefficient (Wildman–Crippen LogP) is 0.225. The Bertz CT molecular complexity index is 2370. The molecule has 2 rings (SSSR count). The summed E-state index contributed by atoms with van der Waals surface area (Å²) in [6.45, 7) is 14.2. The lowest BCUT2D eigenvalue weighted by molar-refractivity contribution is -0.141. The molecule has 522 valence electrons. The van der Waals surface area contributed by atoms with E-state index in [1.807, 2.05) is 6.92 Å². The zero-order valence-electron chi connectivity index (χ0n) is 54.1. The Morgan fingerprint density at radius 2 is 1.09 bits per heavy atom. The van der Waals surface area contributed by atoms with Gasteiger partial charge >= 0.3 is 12.1 Å². The largest absolute Gasteiger partial charge is 0.506 e. The highest BCUT2D eigenvalue weighted by Crippen LogP contribution is 2.25. The number of phenolic OH excluding ortho intramolecular Hbond substituents is 1. The maximum atomic E-state index is 13.7. The van der Waals surface area contributed by atoms with Crippen LogP contribution in [0, 0.1) is 11.8 Å². The number of hydrogen-bond acceptors (Lipinski definition) is 22. The monoisotopic (exact) mass is 1310 g/mol. The van der Waals surface area contributed by atoms with Crippen LogP contribution >= 0.6 is 0 Å². The number of anilines is 1. The molecule has 0 aliphatic carbocycles. The molecule has 0 fully saturated rings. The number of phenols is 1. The second-order valence-electron chi connectivity index (χ2n) is 21.6. The van der Waals surface area contributed by atoms with Gasteiger partial charge in [0.05, 0.1) is 130 Å². The van der Waals surface area contributed by atoms with Crippen LogP contribution in [0.3, 0.4) is 0 Å². The Morgan fingerprint density at radius 1 is 0.576 bits per heavy atom. The van der Waals surface area contributed by atoms with Gasteiger partial charge in [0.15, 0.2) is 0 Å². The molecule has 1 aromatic carbocycles. The molecule has 11 N–H and O–H groups in total. The van der Waals surface area contributed by atoms with Crippen LogP contribution in [0.25, 0.3) is 0 Å². The van der Waals surface area contributed by atoms with Crippen LogP contribution in [0.1, 0.15) is 91.5 Å². The van der Waals surface area contributed by atoms with Crippen molar-refractivity contribution in [3.63, 3.8) is 0 Å². The summed E-state index contributed by atoms with van der Waals surface area (Å²) in [5.41, 5.74) is 6.94. The van der Waals surface area contributed by atoms with E-state index >= 15 is 0 Å². The predicted molar refractivity (Wildman–Crippen MR) is 333 cm³/mol. The van der Waals surface area contributed by atoms with Crippen LogP contribution < -0.4 is 43.0 Å². The van der Waals surface area contributed by atoms with Gasteiger partial charge in [-0.3, -0.25) is 53.4 Å². The highest BCUT2D eigenvalue weighted by Gasteiger charge is 2.31. The number of aliphatic carboxylic acids is 1. The molecule has 1 aromatic rings. The Morgan fingerprint density at radius 3 is 1.61 bits per heavy atom. The number of unbranched alkanes of at least 4 members (excludes halogenated alkanes) is 2. The molecule has 0 aromatic heterocycles. The maximum absolute atomic E-state index is 13.7. The first-order valence-electron chi connectivity index (χ1n) is 31.4. The lowest BCUT2D eigenvalue weighted by Gasteiger charge is -2.26. The fraction of sp³-hybridized carbons (Fsp3) is 0.705. The number of carboxylic acid groups (broad SMARTS) is 1. The van der Waals surface area contributed by atoms with Crippen LogP contribution in [-0.4, -0.2) is 250 Å². The molecule has 9 amide bonds. The highest BCUT2D eigenvalue weighted by molar-refractivity contribution is 6.12. The van der Waals surface area contributed by atoms with Gasteiger partial charge in [-0.25, -0.2) is 4.79 Å². The number of nitrogens with zero attached hydrogens (tertiary/aromatic N) is 1. The lowest BCUT2D eigenvalue weighted by Crippen LogP contribution is -2.58. The molecule has 0 bridgehead atoms. The summed E-state index contributed by atoms with van der Waals surface area (Å²) >= 11 is 0. The van der Waals surface area contributed by atoms with E-state index in [0.29, 0.717) is 112 Å². The lowest BCUT2D eigenvalue weighted by atomic mass is 9.96. The van der Waals surface area contributed by atoms with Crippen molar-refractivity contribution < 1.29 is 106 Å². The third kappa shape index (κ3) is 39.5. The van der Waals surface area contributed by atoms with Crippen molar-refractivity contribution in [1.29, 1.82) is 0 Å². The van der Waals surface area contributed by atoms with Gasteiger partial charge in [-0.1, -0.05) is 40.2 Å². The zero-order valence-corrected chi connectivity index (χ0v) is 54.1. The van der Waals surface area contributed by atoms with Crippen molar-refractivity contribution in [1.82, 2.24) is 36.8 Å². The first kappa shape index (κ1) is 81.2. The fourth-order valence-electron chi connectivity index (χ4n) is 8.30. The summed E-state index contributed by atoms with van der Waals surface area (Å²) in [5.74, 6) is -6.25. The first-order valence-corrected chi connectivity index (χ1v) is 31.4. The topological polar surface area (TPSA) is 417 Å². The van der Waals surface area contributed by atoms with Gasteiger partial charge in [0.25, 0.3) is 11.8 Å². The quantitative estimate of drug-likeness (QED) is 0.0237. The zero-order chi connectivity index (χ0) is 67.7. The second kappa shape index (κ2) is 50.6. The second-order valence-corrected chi connectivity index (χ2v) is 21.6. The van der Waals surface area contributed by atoms with E-state index in [-0.39, 0.29) is 108 Å². The molecule has 1 aliphatic heterocycles. The van der Waals surface area contributed by atoms with Gasteiger partial charge in [-0.2, -0.15) is 0 Å². The van der Waals surface area contributed by atoms with Crippen molar-refractivity contribution in [3.05, 3.63) is 35.9 Å². The third-order valence-corrected chi connectivity index (χ3v) is 13.4. The summed E-state index contributed by atoms with van der Waals surface area (Å²) in [5, 5.41) is 37.6. The van der Waals surface area contributed by atoms with Crippen molar-refractivity contribution in [2.45, 2.75) is 117 Å². The number of carbonyl (C=O) groups is 10. The molecule has 0 unspecified atom stereocenters. The van der Waals surface area contributed by atoms with Crippen molar-refractivity contribution in [2.75, 3.05) is 157 Å². The molecule has 31 nitrogen and oxygen atoms in total. The first-order chi connectivity index (χ1) is 44.2. The standard InChI is InChI=1S/C61H101N9O22/c1-6-7-17-63-52(73)41-65-57(77)45(5)66-59(79)56(43(2)3)69-58(78)48(67-51(72)12-10-19-70-54(75)15-16-55(70)76)11-8-9-18-64-53(74)42-91-35-34-89-31-30-87-27-26-85-23-22-83-20-21-84-24-25-86-28-29-88-32-33-90-36-37-92-61(82)68-49-40-46(13-14-50(49)71)39-47(62)38-44(4)60(80)81/h13-16,40,43-45,47-48,56,71H,6-12,17-39,41-42,62H2,1-5H3,(H,63,73)(H,64,74)(H,65,77)(H,66,79)(H,67,72)(H,68,82)(H,69,78)(H,80,81)/t44-,45-,47+,48-,56-/m0/s1. The number of carbonyl (C=O) groups excluding carboxylic acids is 9. The van der Waals surface area contributed by atoms with Crippen molar-refractivity contribution in [2.24, 2.45) is 17.6 Å². The molecule has 5 atom stereocenters. The number of nitrogens with one attached hydrogen (secondary N) is 7. The van der Waals surface area contributed by atoms with Crippen molar-refractivity contribution in [3.8, 4) is 5.75 Å². The number of hydrogen-bond donors (Lipinski definition) is 10. The average molecular weight is 1310 g/mol. The van der Waals surface area contributed by atoms with E-state index in [1.54, 1.807) is 32.9 Å². The van der Waals surface area contributed by atoms with Gasteiger partial charge in [-0.05, 0) is 75.5 Å². The molecule has 1 heterocycles. The van der Waals surface area contributed by atoms with E-state index in [9.17, 15) is 53.1 Å². The Labute approximate surface area is 538 Å². The van der Waals surface area contributed by atoms with Crippen LogP contribution in [-0.2, 0) is 96.9 Å². The van der Waals surface area contributed by atoms with Gasteiger partial charge in [0.1, 0.15) is 37.1 Å². The summed E-state index contributed by atoms with van der Waals surface area (Å²) < 4.78 is 54.4. The average Bonchev–Trinajstić information content (AvgIpc) is 1.37. The summed E-state index contributed by atoms with van der Waals surface area (Å²) in [6, 6.07) is 0.962. The van der Waals surface area contributed by atoms with E-state index in [0.717, 1.165) is 35.5 Å². The number of carboxylic acids is 1. The van der Waals surface area contributed by atoms with E-state index in [4.69, 9.17) is 58.2 Å². The minimum atomic E-state index is -1.11. The summed E-state index contributed by atoms with van der Waals surface area (Å²) in [7, 11) is 0. The van der Waals surface area contributed by atoms with E-state index in [1.165, 1.54) is 13.0 Å². The van der Waals surface area contributed by atoms with Crippen LogP contribution in [0.2, 0.25) is 0 Å². The number of nitrogens with two attached hydrogens (primary N) is 1. The molecular weight excluding hydrogens is 1210 g/mol. The third-order valence-electron chi connectivity index (χ3n) is 13.4. The smallest absolute Gasteiger partial charge is 0.411 e. The number of aromatic hydroxyl groups is 1. The molecular formula is C61H101N9O22. The normalized spacial score (nSPS) is 13.7. The Kier molecular flexibility index (Phi) is 44.6. The summed E-state index contributed by atoms with van der Waals surface area (Å²) in [4.78, 5) is 126. The Balaban J connectivity index is 1.46. The molecule has 0 saturated heterocycles. The Hall–Kier alpha value is -6.94. The van der Waals surface area contributed by atoms with Gasteiger partial charge in [0, 0.05) is 44.2 Å². The number of ether oxygens (including phenoxy) is 10. The number of rotatable bonds is 56. The van der Waals surface area contributed by atoms with Gasteiger partial charge in [-0.15, -0.1) is 0 Å². The molecule has 0 radical (unpaired) electrons. The number of imide groups is 1. The minimum Gasteiger partial charge on any atom is -0.506 e. The number of benzene rings is 1. The fourth-order valence-corrected chi connectivity index (χ4v) is 8.30. The van der Waals surface area contributed by atoms with Crippen LogP contribution in [0.4, 0.5) is 10.5 Å². The van der Waals surface area contributed by atoms with Crippen LogP contribution in [0.15, 0.2) is 30.4 Å². The molecule has 31 heteroatoms. The summed E-state index contributed by atoms with van der Waals surface area (Å²) in [6.07, 6.45) is 4.80. The minimum absolute atomic E-state index is 0.00614. The van der Waals surface area contributed by atoms with E-state index in [2.05, 4.69) is 37.2 Å². The number of amides is 9. The van der Waals surface area contributed by atoms with E-state index < -0.39 is 83.5 Å². The molecule has 1 aliphatic rings. The molecule has 0 spiro atoms. The molecule has 0 saturated carbocycles. The SMILES string of the molecule is CCCCNC(=O)CNC(=O)[C@H](C)NC(=O)[C@@H](NC(=O)[C@H](CCCCNC(=O)COCCOCCOCCOCCOCCOCCOCCOCCOCCOC(=O)Nc1cc(C[C@H](N)C[C@H](C)C(=O)O)ccc1O)NC(=O)CCCN1C(=O)C=CC1=O)C(C)C. The molecule has 92 heavy (non-hydrogen) atoms. The van der Waals surface area contributed by atoms with Crippen LogP contribution in [0.5, 0.6) is 5.75 Å². The van der Waals surface area contributed by atoms with Gasteiger partial charge in [0.2, 0.25) is 35.4 Å².